The van der Waals surface area contributed by atoms with Gasteiger partial charge >= 0.3 is 0 Å². The number of aliphatic hydroxyl groups is 1. The summed E-state index contributed by atoms with van der Waals surface area (Å²) in [5, 5.41) is 10.2. The molecule has 0 bridgehead atoms. The molecule has 156 valence electrons. The zero-order valence-electron chi connectivity index (χ0n) is 18.6. The van der Waals surface area contributed by atoms with Crippen LogP contribution < -0.4 is 4.90 Å². The maximum absolute atomic E-state index is 10.2. The van der Waals surface area contributed by atoms with Crippen LogP contribution in [0.5, 0.6) is 0 Å². The van der Waals surface area contributed by atoms with E-state index in [1.807, 2.05) is 0 Å². The number of rotatable bonds is 2. The molecule has 0 radical (unpaired) electrons. The second-order valence-electron chi connectivity index (χ2n) is 10.8. The lowest BCUT2D eigenvalue weighted by Crippen LogP contribution is -2.50. The fraction of sp³-hybridized carbons (Fsp3) is 0.630. The van der Waals surface area contributed by atoms with Gasteiger partial charge in [0.15, 0.2) is 0 Å². The third-order valence-corrected chi connectivity index (χ3v) is 9.46. The smallest absolute Gasteiger partial charge is 0.0577 e. The van der Waals surface area contributed by atoms with Gasteiger partial charge in [-0.05, 0) is 86.7 Å². The lowest BCUT2D eigenvalue weighted by atomic mass is 9.47. The topological polar surface area (TPSA) is 23.5 Å². The van der Waals surface area contributed by atoms with E-state index in [4.69, 9.17) is 0 Å². The molecular formula is C27H37NO. The van der Waals surface area contributed by atoms with Crippen molar-refractivity contribution in [1.29, 1.82) is 0 Å². The average molecular weight is 392 g/mol. The van der Waals surface area contributed by atoms with Gasteiger partial charge in [-0.15, -0.1) is 0 Å². The van der Waals surface area contributed by atoms with Crippen LogP contribution >= 0.6 is 0 Å². The number of aliphatic hydroxyl groups excluding tert-OH is 1. The van der Waals surface area contributed by atoms with Crippen molar-refractivity contribution in [1.82, 2.24) is 0 Å². The van der Waals surface area contributed by atoms with Crippen molar-refractivity contribution < 1.29 is 5.11 Å². The first-order valence-corrected chi connectivity index (χ1v) is 11.7. The molecule has 1 aromatic rings. The predicted octanol–water partition coefficient (Wildman–Crippen LogP) is 6.25. The highest BCUT2D eigenvalue weighted by atomic mass is 16.3. The van der Waals surface area contributed by atoms with Crippen LogP contribution in [0.1, 0.15) is 64.4 Å². The van der Waals surface area contributed by atoms with Crippen LogP contribution in [0, 0.1) is 35.5 Å². The molecule has 1 N–H and O–H groups in total. The zero-order valence-corrected chi connectivity index (χ0v) is 18.6. The summed E-state index contributed by atoms with van der Waals surface area (Å²) >= 11 is 0. The van der Waals surface area contributed by atoms with Crippen LogP contribution in [-0.4, -0.2) is 18.3 Å². The Hall–Kier alpha value is -1.54. The molecular weight excluding hydrogens is 354 g/mol. The largest absolute Gasteiger partial charge is 0.393 e. The van der Waals surface area contributed by atoms with Gasteiger partial charge in [-0.25, -0.2) is 0 Å². The van der Waals surface area contributed by atoms with Crippen molar-refractivity contribution in [2.24, 2.45) is 28.6 Å². The van der Waals surface area contributed by atoms with Gasteiger partial charge in [0.2, 0.25) is 0 Å². The zero-order chi connectivity index (χ0) is 20.4. The number of para-hydroxylation sites is 1. The molecule has 0 heterocycles. The van der Waals surface area contributed by atoms with Gasteiger partial charge in [0, 0.05) is 23.8 Å². The summed E-state index contributed by atoms with van der Waals surface area (Å²) in [5.74, 6) is 2.34. The van der Waals surface area contributed by atoms with E-state index < -0.39 is 0 Å². The van der Waals surface area contributed by atoms with E-state index in [-0.39, 0.29) is 11.5 Å². The summed E-state index contributed by atoms with van der Waals surface area (Å²) in [5.41, 5.74) is 6.44. The van der Waals surface area contributed by atoms with E-state index >= 15 is 0 Å². The quantitative estimate of drug-likeness (QED) is 0.602. The first kappa shape index (κ1) is 19.4. The number of hydrogen-bond donors (Lipinski definition) is 1. The molecule has 4 aliphatic carbocycles. The Labute approximate surface area is 176 Å². The van der Waals surface area contributed by atoms with Gasteiger partial charge in [-0.1, -0.05) is 49.8 Å². The minimum atomic E-state index is -0.109. The molecule has 0 spiro atoms. The minimum absolute atomic E-state index is 0.109. The normalized spacial score (nSPS) is 41.0. The highest BCUT2D eigenvalue weighted by molar-refractivity contribution is 5.58. The molecule has 0 amide bonds. The molecule has 2 heteroatoms. The monoisotopic (exact) mass is 391 g/mol. The van der Waals surface area contributed by atoms with Crippen molar-refractivity contribution in [3.63, 3.8) is 0 Å². The van der Waals surface area contributed by atoms with Crippen LogP contribution in [0.25, 0.3) is 0 Å². The molecule has 0 aromatic heterocycles. The molecule has 0 saturated heterocycles. The second kappa shape index (κ2) is 6.74. The van der Waals surface area contributed by atoms with Crippen molar-refractivity contribution >= 4 is 5.69 Å². The standard InChI is InChI=1S/C27H37NO/c1-18-7-5-6-8-24(18)28(4)25-12-11-22-21-10-9-19-17-20(29)13-15-26(19,2)23(21)14-16-27(22,25)3/h5-9,12,20-23,29H,10-11,13-17H2,1-4H3. The van der Waals surface area contributed by atoms with Crippen molar-refractivity contribution in [2.45, 2.75) is 71.8 Å². The highest BCUT2D eigenvalue weighted by Gasteiger charge is 2.57. The van der Waals surface area contributed by atoms with Crippen LogP contribution in [0.3, 0.4) is 0 Å². The van der Waals surface area contributed by atoms with Gasteiger partial charge in [0.1, 0.15) is 0 Å². The Balaban J connectivity index is 1.44. The van der Waals surface area contributed by atoms with Crippen LogP contribution in [0.2, 0.25) is 0 Å². The molecule has 2 nitrogen and oxygen atoms in total. The summed E-state index contributed by atoms with van der Waals surface area (Å²) in [6, 6.07) is 8.79. The second-order valence-corrected chi connectivity index (χ2v) is 10.8. The van der Waals surface area contributed by atoms with E-state index in [1.165, 1.54) is 43.4 Å². The molecule has 1 aromatic carbocycles. The van der Waals surface area contributed by atoms with E-state index in [9.17, 15) is 5.11 Å². The van der Waals surface area contributed by atoms with Gasteiger partial charge in [-0.2, -0.15) is 0 Å². The summed E-state index contributed by atoms with van der Waals surface area (Å²) in [4.78, 5) is 2.48. The maximum Gasteiger partial charge on any atom is 0.0577 e. The summed E-state index contributed by atoms with van der Waals surface area (Å²) in [7, 11) is 2.27. The van der Waals surface area contributed by atoms with E-state index in [0.717, 1.165) is 30.6 Å². The van der Waals surface area contributed by atoms with E-state index in [2.05, 4.69) is 69.1 Å². The Kier molecular flexibility index (Phi) is 4.51. The Morgan fingerprint density at radius 3 is 2.52 bits per heavy atom. The number of aryl methyl sites for hydroxylation is 1. The number of anilines is 1. The predicted molar refractivity (Wildman–Crippen MR) is 121 cm³/mol. The van der Waals surface area contributed by atoms with Crippen molar-refractivity contribution in [2.75, 3.05) is 11.9 Å². The SMILES string of the molecule is Cc1ccccc1N(C)C1=CCC2C3CC=C4CC(O)CCC4(C)C3CCC12C. The highest BCUT2D eigenvalue weighted by Crippen LogP contribution is 2.65. The summed E-state index contributed by atoms with van der Waals surface area (Å²) < 4.78 is 0. The maximum atomic E-state index is 10.2. The molecule has 5 rings (SSSR count). The van der Waals surface area contributed by atoms with Gasteiger partial charge in [0.25, 0.3) is 0 Å². The minimum Gasteiger partial charge on any atom is -0.393 e. The Morgan fingerprint density at radius 1 is 0.966 bits per heavy atom. The Morgan fingerprint density at radius 2 is 1.72 bits per heavy atom. The molecule has 2 saturated carbocycles. The first-order valence-electron chi connectivity index (χ1n) is 11.7. The third kappa shape index (κ3) is 2.78. The number of benzene rings is 1. The number of fused-ring (bicyclic) bond motifs is 5. The van der Waals surface area contributed by atoms with Gasteiger partial charge < -0.3 is 10.0 Å². The fourth-order valence-electron chi connectivity index (χ4n) is 7.78. The van der Waals surface area contributed by atoms with Crippen LogP contribution in [-0.2, 0) is 0 Å². The number of nitrogens with zero attached hydrogens (tertiary/aromatic N) is 1. The third-order valence-electron chi connectivity index (χ3n) is 9.46. The number of allylic oxidation sites excluding steroid dienone is 3. The Bertz CT molecular complexity index is 869. The molecule has 29 heavy (non-hydrogen) atoms. The summed E-state index contributed by atoms with van der Waals surface area (Å²) in [6.45, 7) is 7.30. The van der Waals surface area contributed by atoms with Crippen LogP contribution in [0.4, 0.5) is 5.69 Å². The van der Waals surface area contributed by atoms with E-state index in [1.54, 1.807) is 11.3 Å². The lowest BCUT2D eigenvalue weighted by Gasteiger charge is -2.58. The molecule has 0 aliphatic heterocycles. The van der Waals surface area contributed by atoms with Crippen LogP contribution in [0.15, 0.2) is 47.7 Å². The van der Waals surface area contributed by atoms with E-state index in [0.29, 0.717) is 5.41 Å². The molecule has 6 unspecified atom stereocenters. The molecule has 6 atom stereocenters. The van der Waals surface area contributed by atoms with Crippen molar-refractivity contribution in [3.8, 4) is 0 Å². The lowest BCUT2D eigenvalue weighted by molar-refractivity contribution is -0.0298. The van der Waals surface area contributed by atoms with Gasteiger partial charge in [0.05, 0.1) is 6.10 Å². The average Bonchev–Trinajstić information content (AvgIpc) is 3.05. The van der Waals surface area contributed by atoms with Gasteiger partial charge in [-0.3, -0.25) is 0 Å². The number of hydrogen-bond acceptors (Lipinski definition) is 2. The first-order chi connectivity index (χ1) is 13.8. The molecule has 2 fully saturated rings. The molecule has 4 aliphatic rings. The fourth-order valence-corrected chi connectivity index (χ4v) is 7.78. The summed E-state index contributed by atoms with van der Waals surface area (Å²) in [6.07, 6.45) is 13.1. The van der Waals surface area contributed by atoms with Crippen molar-refractivity contribution in [3.05, 3.63) is 53.3 Å².